The smallest absolute Gasteiger partial charge is 0.242 e. The molecule has 7 heteroatoms. The van der Waals surface area contributed by atoms with E-state index in [9.17, 15) is 9.59 Å². The zero-order valence-electron chi connectivity index (χ0n) is 19.4. The Morgan fingerprint density at radius 2 is 1.71 bits per heavy atom. The van der Waals surface area contributed by atoms with Crippen molar-refractivity contribution in [2.75, 3.05) is 19.9 Å². The van der Waals surface area contributed by atoms with Crippen LogP contribution in [0.3, 0.4) is 0 Å². The highest BCUT2D eigenvalue weighted by Gasteiger charge is 2.29. The second kappa shape index (κ2) is 13.1. The largest absolute Gasteiger partial charge is 0.497 e. The van der Waals surface area contributed by atoms with Gasteiger partial charge in [0.25, 0.3) is 0 Å². The monoisotopic (exact) mass is 496 g/mol. The Balaban J connectivity index is 1.83. The van der Waals surface area contributed by atoms with Crippen molar-refractivity contribution in [1.82, 2.24) is 10.2 Å². The fourth-order valence-corrected chi connectivity index (χ4v) is 4.83. The van der Waals surface area contributed by atoms with Gasteiger partial charge < -0.3 is 15.0 Å². The molecule has 1 atom stereocenters. The van der Waals surface area contributed by atoms with Crippen LogP contribution in [0.5, 0.6) is 5.75 Å². The van der Waals surface area contributed by atoms with Crippen LogP contribution < -0.4 is 10.1 Å². The molecule has 0 aliphatic carbocycles. The average Bonchev–Trinajstić information content (AvgIpc) is 2.87. The Hall–Kier alpha value is -2.96. The standard InChI is InChI=1S/C27H29ClN2O3S/c1-29-27(32)25(16-20-9-4-3-5-10-20)30(17-21-11-8-13-23(15-21)33-2)26(31)19-34-18-22-12-6-7-14-24(22)28/h3-15,25H,16-19H2,1-2H3,(H,29,32)/t25-/m0/s1. The minimum Gasteiger partial charge on any atom is -0.497 e. The number of methoxy groups -OCH3 is 1. The van der Waals surface area contributed by atoms with Crippen LogP contribution in [0.15, 0.2) is 78.9 Å². The molecule has 1 N–H and O–H groups in total. The van der Waals surface area contributed by atoms with E-state index < -0.39 is 6.04 Å². The van der Waals surface area contributed by atoms with Crippen LogP contribution in [0.2, 0.25) is 5.02 Å². The number of hydrogen-bond donors (Lipinski definition) is 1. The molecule has 0 aliphatic rings. The first-order chi connectivity index (χ1) is 16.5. The molecule has 0 radical (unpaired) electrons. The van der Waals surface area contributed by atoms with Gasteiger partial charge in [0.15, 0.2) is 0 Å². The molecule has 0 spiro atoms. The van der Waals surface area contributed by atoms with Gasteiger partial charge >= 0.3 is 0 Å². The van der Waals surface area contributed by atoms with Crippen molar-refractivity contribution in [2.45, 2.75) is 24.8 Å². The van der Waals surface area contributed by atoms with Crippen molar-refractivity contribution >= 4 is 35.2 Å². The van der Waals surface area contributed by atoms with Crippen molar-refractivity contribution in [1.29, 1.82) is 0 Å². The lowest BCUT2D eigenvalue weighted by molar-refractivity contribution is -0.139. The summed E-state index contributed by atoms with van der Waals surface area (Å²) >= 11 is 7.75. The molecule has 0 heterocycles. The fourth-order valence-electron chi connectivity index (χ4n) is 3.63. The summed E-state index contributed by atoms with van der Waals surface area (Å²) in [5.41, 5.74) is 2.86. The summed E-state index contributed by atoms with van der Waals surface area (Å²) in [7, 11) is 3.21. The van der Waals surface area contributed by atoms with E-state index >= 15 is 0 Å². The second-order valence-electron chi connectivity index (χ2n) is 7.78. The molecule has 2 amide bonds. The molecule has 0 fully saturated rings. The minimum absolute atomic E-state index is 0.107. The summed E-state index contributed by atoms with van der Waals surface area (Å²) in [4.78, 5) is 28.1. The van der Waals surface area contributed by atoms with Gasteiger partial charge in [-0.1, -0.05) is 72.3 Å². The van der Waals surface area contributed by atoms with Gasteiger partial charge in [0.1, 0.15) is 11.8 Å². The number of amides is 2. The fraction of sp³-hybridized carbons (Fsp3) is 0.259. The lowest BCUT2D eigenvalue weighted by Crippen LogP contribution is -2.50. The maximum absolute atomic E-state index is 13.5. The van der Waals surface area contributed by atoms with E-state index in [0.29, 0.717) is 29.5 Å². The third-order valence-electron chi connectivity index (χ3n) is 5.45. The van der Waals surface area contributed by atoms with Crippen LogP contribution in [-0.4, -0.2) is 42.7 Å². The molecule has 5 nitrogen and oxygen atoms in total. The SMILES string of the molecule is CNC(=O)[C@H](Cc1ccccc1)N(Cc1cccc(OC)c1)C(=O)CSCc1ccccc1Cl. The number of rotatable bonds is 11. The minimum atomic E-state index is -0.646. The molecule has 34 heavy (non-hydrogen) atoms. The van der Waals surface area contributed by atoms with Crippen LogP contribution in [-0.2, 0) is 28.3 Å². The number of benzene rings is 3. The molecule has 3 aromatic carbocycles. The van der Waals surface area contributed by atoms with Gasteiger partial charge in [-0.2, -0.15) is 0 Å². The van der Waals surface area contributed by atoms with Gasteiger partial charge in [0.05, 0.1) is 12.9 Å². The summed E-state index contributed by atoms with van der Waals surface area (Å²) in [6.45, 7) is 0.299. The second-order valence-corrected chi connectivity index (χ2v) is 9.17. The molecular formula is C27H29ClN2O3S. The van der Waals surface area contributed by atoms with E-state index in [-0.39, 0.29) is 17.6 Å². The summed E-state index contributed by atoms with van der Waals surface area (Å²) in [6.07, 6.45) is 0.422. The molecule has 0 aliphatic heterocycles. The highest BCUT2D eigenvalue weighted by molar-refractivity contribution is 7.99. The molecule has 0 aromatic heterocycles. The van der Waals surface area contributed by atoms with E-state index in [2.05, 4.69) is 5.32 Å². The molecule has 0 bridgehead atoms. The van der Waals surface area contributed by atoms with Crippen LogP contribution in [0.1, 0.15) is 16.7 Å². The lowest BCUT2D eigenvalue weighted by atomic mass is 10.0. The summed E-state index contributed by atoms with van der Waals surface area (Å²) in [5.74, 6) is 1.25. The van der Waals surface area contributed by atoms with Gasteiger partial charge in [-0.25, -0.2) is 0 Å². The first-order valence-electron chi connectivity index (χ1n) is 11.0. The molecular weight excluding hydrogens is 468 g/mol. The predicted molar refractivity (Wildman–Crippen MR) is 139 cm³/mol. The molecule has 3 rings (SSSR count). The highest BCUT2D eigenvalue weighted by atomic mass is 35.5. The first kappa shape index (κ1) is 25.7. The summed E-state index contributed by atoms with van der Waals surface area (Å²) in [6, 6.07) is 24.3. The molecule has 0 saturated heterocycles. The van der Waals surface area contributed by atoms with Crippen molar-refractivity contribution < 1.29 is 14.3 Å². The maximum atomic E-state index is 13.5. The van der Waals surface area contributed by atoms with E-state index in [0.717, 1.165) is 16.7 Å². The number of nitrogens with one attached hydrogen (secondary N) is 1. The molecule has 178 valence electrons. The van der Waals surface area contributed by atoms with Gasteiger partial charge in [-0.3, -0.25) is 9.59 Å². The Morgan fingerprint density at radius 1 is 1.00 bits per heavy atom. The highest BCUT2D eigenvalue weighted by Crippen LogP contribution is 2.23. The van der Waals surface area contributed by atoms with E-state index in [1.54, 1.807) is 19.1 Å². The summed E-state index contributed by atoms with van der Waals surface area (Å²) in [5, 5.41) is 3.42. The number of nitrogens with zero attached hydrogens (tertiary/aromatic N) is 1. The number of ether oxygens (including phenoxy) is 1. The quantitative estimate of drug-likeness (QED) is 0.407. The Labute approximate surface area is 210 Å². The van der Waals surface area contributed by atoms with E-state index in [4.69, 9.17) is 16.3 Å². The number of carbonyl (C=O) groups excluding carboxylic acids is 2. The van der Waals surface area contributed by atoms with Gasteiger partial charge in [0.2, 0.25) is 11.8 Å². The van der Waals surface area contributed by atoms with Crippen LogP contribution in [0.25, 0.3) is 0 Å². The number of likely N-dealkylation sites (N-methyl/N-ethyl adjacent to an activating group) is 1. The van der Waals surface area contributed by atoms with E-state index in [1.807, 2.05) is 78.9 Å². The predicted octanol–water partition coefficient (Wildman–Crippen LogP) is 4.97. The average molecular weight is 497 g/mol. The number of halogens is 1. The van der Waals surface area contributed by atoms with Crippen LogP contribution >= 0.6 is 23.4 Å². The molecule has 0 saturated carbocycles. The van der Waals surface area contributed by atoms with Crippen LogP contribution in [0.4, 0.5) is 0 Å². The third kappa shape index (κ3) is 7.27. The van der Waals surface area contributed by atoms with Crippen molar-refractivity contribution in [2.24, 2.45) is 0 Å². The lowest BCUT2D eigenvalue weighted by Gasteiger charge is -2.31. The number of hydrogen-bond acceptors (Lipinski definition) is 4. The Morgan fingerprint density at radius 3 is 2.41 bits per heavy atom. The number of carbonyl (C=O) groups is 2. The Kier molecular flexibility index (Phi) is 9.86. The van der Waals surface area contributed by atoms with Gasteiger partial charge in [-0.15, -0.1) is 11.8 Å². The molecule has 0 unspecified atom stereocenters. The maximum Gasteiger partial charge on any atom is 0.242 e. The van der Waals surface area contributed by atoms with Crippen LogP contribution in [0, 0.1) is 0 Å². The van der Waals surface area contributed by atoms with E-state index in [1.165, 1.54) is 11.8 Å². The zero-order valence-corrected chi connectivity index (χ0v) is 20.9. The zero-order chi connectivity index (χ0) is 24.3. The van der Waals surface area contributed by atoms with Crippen molar-refractivity contribution in [3.8, 4) is 5.75 Å². The third-order valence-corrected chi connectivity index (χ3v) is 6.78. The first-order valence-corrected chi connectivity index (χ1v) is 12.5. The topological polar surface area (TPSA) is 58.6 Å². The van der Waals surface area contributed by atoms with Crippen molar-refractivity contribution in [3.63, 3.8) is 0 Å². The Bertz CT molecular complexity index is 1090. The van der Waals surface area contributed by atoms with Gasteiger partial charge in [0, 0.05) is 30.8 Å². The van der Waals surface area contributed by atoms with Gasteiger partial charge in [-0.05, 0) is 34.9 Å². The normalized spacial score (nSPS) is 11.5. The summed E-state index contributed by atoms with van der Waals surface area (Å²) < 4.78 is 5.35. The molecule has 3 aromatic rings. The number of thioether (sulfide) groups is 1. The van der Waals surface area contributed by atoms with Crippen molar-refractivity contribution in [3.05, 3.63) is 101 Å².